The Kier molecular flexibility index (Phi) is 2.80. The minimum absolute atomic E-state index is 0.675. The molecule has 0 saturated heterocycles. The molecular formula is C14H11BrN2O. The van der Waals surface area contributed by atoms with E-state index in [1.54, 1.807) is 6.07 Å². The number of nitrogens with two attached hydrogens (primary N) is 1. The van der Waals surface area contributed by atoms with E-state index in [9.17, 15) is 0 Å². The third-order valence-electron chi connectivity index (χ3n) is 2.70. The molecule has 1 heterocycles. The number of rotatable bonds is 2. The van der Waals surface area contributed by atoms with E-state index in [-0.39, 0.29) is 0 Å². The van der Waals surface area contributed by atoms with Gasteiger partial charge in [0, 0.05) is 22.6 Å². The Morgan fingerprint density at radius 3 is 2.89 bits per heavy atom. The van der Waals surface area contributed by atoms with Gasteiger partial charge in [-0.05, 0) is 29.8 Å². The van der Waals surface area contributed by atoms with Gasteiger partial charge in [0.15, 0.2) is 11.5 Å². The van der Waals surface area contributed by atoms with E-state index in [0.29, 0.717) is 18.0 Å². The van der Waals surface area contributed by atoms with E-state index in [0.717, 1.165) is 21.1 Å². The SMILES string of the molecule is Nc1ccc2nc(Cc3cccc(Br)c3)oc2c1. The molecule has 0 bridgehead atoms. The first-order valence-electron chi connectivity index (χ1n) is 5.60. The molecule has 2 N–H and O–H groups in total. The van der Waals surface area contributed by atoms with Crippen LogP contribution in [0.1, 0.15) is 11.5 Å². The molecule has 0 aliphatic carbocycles. The maximum atomic E-state index is 5.71. The quantitative estimate of drug-likeness (QED) is 0.733. The smallest absolute Gasteiger partial charge is 0.199 e. The molecule has 3 aromatic rings. The van der Waals surface area contributed by atoms with E-state index in [1.807, 2.05) is 30.3 Å². The van der Waals surface area contributed by atoms with Crippen molar-refractivity contribution in [3.8, 4) is 0 Å². The minimum atomic E-state index is 0.675. The topological polar surface area (TPSA) is 52.0 Å². The van der Waals surface area contributed by atoms with Crippen LogP contribution in [-0.4, -0.2) is 4.98 Å². The van der Waals surface area contributed by atoms with Gasteiger partial charge in [-0.15, -0.1) is 0 Å². The van der Waals surface area contributed by atoms with Crippen molar-refractivity contribution in [2.24, 2.45) is 0 Å². The summed E-state index contributed by atoms with van der Waals surface area (Å²) in [6, 6.07) is 13.6. The Morgan fingerprint density at radius 2 is 2.06 bits per heavy atom. The maximum absolute atomic E-state index is 5.71. The Hall–Kier alpha value is -1.81. The molecule has 0 amide bonds. The largest absolute Gasteiger partial charge is 0.440 e. The van der Waals surface area contributed by atoms with Crippen LogP contribution < -0.4 is 5.73 Å². The van der Waals surface area contributed by atoms with Gasteiger partial charge in [-0.1, -0.05) is 28.1 Å². The molecule has 0 radical (unpaired) electrons. The number of nitrogen functional groups attached to an aromatic ring is 1. The van der Waals surface area contributed by atoms with Gasteiger partial charge in [-0.3, -0.25) is 0 Å². The molecule has 0 unspecified atom stereocenters. The number of aromatic nitrogens is 1. The van der Waals surface area contributed by atoms with Crippen molar-refractivity contribution >= 4 is 32.7 Å². The molecule has 1 aromatic heterocycles. The van der Waals surface area contributed by atoms with Crippen LogP contribution in [0.4, 0.5) is 5.69 Å². The molecule has 90 valence electrons. The molecule has 3 nitrogen and oxygen atoms in total. The molecule has 0 saturated carbocycles. The van der Waals surface area contributed by atoms with Gasteiger partial charge in [-0.25, -0.2) is 4.98 Å². The fourth-order valence-electron chi connectivity index (χ4n) is 1.89. The molecule has 3 rings (SSSR count). The number of hydrogen-bond acceptors (Lipinski definition) is 3. The third kappa shape index (κ3) is 2.24. The number of nitrogens with zero attached hydrogens (tertiary/aromatic N) is 1. The average Bonchev–Trinajstić information content (AvgIpc) is 2.70. The molecule has 0 aliphatic heterocycles. The Balaban J connectivity index is 1.95. The summed E-state index contributed by atoms with van der Waals surface area (Å²) in [6.45, 7) is 0. The Bertz CT molecular complexity index is 706. The van der Waals surface area contributed by atoms with Gasteiger partial charge in [-0.2, -0.15) is 0 Å². The molecule has 18 heavy (non-hydrogen) atoms. The molecule has 4 heteroatoms. The minimum Gasteiger partial charge on any atom is -0.440 e. The summed E-state index contributed by atoms with van der Waals surface area (Å²) in [5, 5.41) is 0. The van der Waals surface area contributed by atoms with Crippen molar-refractivity contribution in [3.63, 3.8) is 0 Å². The van der Waals surface area contributed by atoms with Crippen LogP contribution in [0.5, 0.6) is 0 Å². The zero-order chi connectivity index (χ0) is 12.5. The first kappa shape index (κ1) is 11.3. The van der Waals surface area contributed by atoms with Gasteiger partial charge in [0.1, 0.15) is 5.52 Å². The summed E-state index contributed by atoms with van der Waals surface area (Å²) >= 11 is 3.45. The van der Waals surface area contributed by atoms with E-state index >= 15 is 0 Å². The van der Waals surface area contributed by atoms with Crippen molar-refractivity contribution in [2.45, 2.75) is 6.42 Å². The lowest BCUT2D eigenvalue weighted by Gasteiger charge is -1.97. The number of fused-ring (bicyclic) bond motifs is 1. The van der Waals surface area contributed by atoms with Gasteiger partial charge >= 0.3 is 0 Å². The predicted molar refractivity (Wildman–Crippen MR) is 75.4 cm³/mol. The van der Waals surface area contributed by atoms with Crippen LogP contribution in [0.2, 0.25) is 0 Å². The van der Waals surface area contributed by atoms with Gasteiger partial charge in [0.05, 0.1) is 0 Å². The Labute approximate surface area is 113 Å². The second-order valence-electron chi connectivity index (χ2n) is 4.14. The van der Waals surface area contributed by atoms with E-state index in [1.165, 1.54) is 0 Å². The number of benzene rings is 2. The van der Waals surface area contributed by atoms with E-state index in [2.05, 4.69) is 27.0 Å². The van der Waals surface area contributed by atoms with Gasteiger partial charge < -0.3 is 10.2 Å². The third-order valence-corrected chi connectivity index (χ3v) is 3.19. The highest BCUT2D eigenvalue weighted by Gasteiger charge is 2.07. The first-order valence-corrected chi connectivity index (χ1v) is 6.39. The number of halogens is 1. The molecule has 0 fully saturated rings. The summed E-state index contributed by atoms with van der Waals surface area (Å²) in [4.78, 5) is 4.44. The lowest BCUT2D eigenvalue weighted by Crippen LogP contribution is -1.87. The van der Waals surface area contributed by atoms with Crippen molar-refractivity contribution in [1.29, 1.82) is 0 Å². The van der Waals surface area contributed by atoms with Crippen molar-refractivity contribution in [1.82, 2.24) is 4.98 Å². The zero-order valence-corrected chi connectivity index (χ0v) is 11.1. The summed E-state index contributed by atoms with van der Waals surface area (Å²) in [5.74, 6) is 0.703. The van der Waals surface area contributed by atoms with Crippen LogP contribution >= 0.6 is 15.9 Å². The molecule has 2 aromatic carbocycles. The summed E-state index contributed by atoms with van der Waals surface area (Å²) in [5.41, 5.74) is 9.13. The summed E-state index contributed by atoms with van der Waals surface area (Å²) in [7, 11) is 0. The normalized spacial score (nSPS) is 10.9. The second kappa shape index (κ2) is 4.46. The standard InChI is InChI=1S/C14H11BrN2O/c15-10-3-1-2-9(6-10)7-14-17-12-5-4-11(16)8-13(12)18-14/h1-6,8H,7,16H2. The first-order chi connectivity index (χ1) is 8.70. The predicted octanol–water partition coefficient (Wildman–Crippen LogP) is 3.76. The lowest BCUT2D eigenvalue weighted by atomic mass is 10.1. The Morgan fingerprint density at radius 1 is 1.17 bits per heavy atom. The van der Waals surface area contributed by atoms with Crippen molar-refractivity contribution in [2.75, 3.05) is 5.73 Å². The number of hydrogen-bond donors (Lipinski definition) is 1. The fraction of sp³-hybridized carbons (Fsp3) is 0.0714. The zero-order valence-electron chi connectivity index (χ0n) is 9.56. The molecular weight excluding hydrogens is 292 g/mol. The summed E-state index contributed by atoms with van der Waals surface area (Å²) in [6.07, 6.45) is 0.675. The molecule has 0 spiro atoms. The van der Waals surface area contributed by atoms with Crippen LogP contribution in [0.25, 0.3) is 11.1 Å². The van der Waals surface area contributed by atoms with Gasteiger partial charge in [0.2, 0.25) is 0 Å². The molecule has 0 aliphatic rings. The van der Waals surface area contributed by atoms with Crippen LogP contribution in [0, 0.1) is 0 Å². The monoisotopic (exact) mass is 302 g/mol. The van der Waals surface area contributed by atoms with Crippen molar-refractivity contribution in [3.05, 3.63) is 58.4 Å². The number of anilines is 1. The van der Waals surface area contributed by atoms with Crippen LogP contribution in [0.15, 0.2) is 51.4 Å². The highest BCUT2D eigenvalue weighted by Crippen LogP contribution is 2.21. The fourth-order valence-corrected chi connectivity index (χ4v) is 2.33. The van der Waals surface area contributed by atoms with Crippen molar-refractivity contribution < 1.29 is 4.42 Å². The number of oxazole rings is 1. The summed E-state index contributed by atoms with van der Waals surface area (Å²) < 4.78 is 6.74. The second-order valence-corrected chi connectivity index (χ2v) is 5.06. The molecule has 0 atom stereocenters. The highest BCUT2D eigenvalue weighted by atomic mass is 79.9. The average molecular weight is 303 g/mol. The highest BCUT2D eigenvalue weighted by molar-refractivity contribution is 9.10. The van der Waals surface area contributed by atoms with E-state index in [4.69, 9.17) is 10.2 Å². The van der Waals surface area contributed by atoms with Crippen LogP contribution in [0.3, 0.4) is 0 Å². The van der Waals surface area contributed by atoms with Crippen LogP contribution in [-0.2, 0) is 6.42 Å². The lowest BCUT2D eigenvalue weighted by molar-refractivity contribution is 0.544. The van der Waals surface area contributed by atoms with E-state index < -0.39 is 0 Å². The van der Waals surface area contributed by atoms with Gasteiger partial charge in [0.25, 0.3) is 0 Å². The maximum Gasteiger partial charge on any atom is 0.199 e.